The predicted octanol–water partition coefficient (Wildman–Crippen LogP) is 1.87. The molecule has 0 aliphatic rings. The molecule has 0 spiro atoms. The number of imidazole rings is 1. The van der Waals surface area contributed by atoms with Crippen molar-refractivity contribution in [2.45, 2.75) is 45.7 Å². The molecular weight excluding hydrogens is 240 g/mol. The van der Waals surface area contributed by atoms with Crippen LogP contribution in [0.3, 0.4) is 0 Å². The Morgan fingerprint density at radius 2 is 2.21 bits per heavy atom. The molecule has 2 rings (SSSR count). The third kappa shape index (κ3) is 3.41. The summed E-state index contributed by atoms with van der Waals surface area (Å²) in [5, 5.41) is 7.78. The fraction of sp³-hybridized carbons (Fsp3) is 0.615. The normalized spacial score (nSPS) is 13.1. The first kappa shape index (κ1) is 13.7. The lowest BCUT2D eigenvalue weighted by Gasteiger charge is -2.17. The molecule has 0 bridgehead atoms. The Balaban J connectivity index is 2.13. The van der Waals surface area contributed by atoms with Crippen molar-refractivity contribution in [2.24, 2.45) is 0 Å². The van der Waals surface area contributed by atoms with E-state index in [0.717, 1.165) is 31.0 Å². The maximum absolute atomic E-state index is 4.37. The zero-order valence-corrected chi connectivity index (χ0v) is 11.8. The zero-order chi connectivity index (χ0) is 13.7. The van der Waals surface area contributed by atoms with E-state index in [1.807, 2.05) is 10.9 Å². The van der Waals surface area contributed by atoms with Crippen molar-refractivity contribution in [1.82, 2.24) is 30.0 Å². The summed E-state index contributed by atoms with van der Waals surface area (Å²) in [6, 6.07) is 0.470. The second-order valence-corrected chi connectivity index (χ2v) is 4.90. The molecule has 0 saturated heterocycles. The van der Waals surface area contributed by atoms with Gasteiger partial charge in [-0.3, -0.25) is 0 Å². The highest BCUT2D eigenvalue weighted by Crippen LogP contribution is 2.15. The molecule has 1 unspecified atom stereocenters. The van der Waals surface area contributed by atoms with Crippen molar-refractivity contribution in [3.8, 4) is 0 Å². The van der Waals surface area contributed by atoms with E-state index in [2.05, 4.69) is 46.1 Å². The summed E-state index contributed by atoms with van der Waals surface area (Å²) in [5.41, 5.74) is 0. The second kappa shape index (κ2) is 6.47. The summed E-state index contributed by atoms with van der Waals surface area (Å²) in [5.74, 6) is 1.94. The molecule has 104 valence electrons. The quantitative estimate of drug-likeness (QED) is 0.799. The summed E-state index contributed by atoms with van der Waals surface area (Å²) in [6.45, 7) is 7.34. The Morgan fingerprint density at radius 1 is 1.37 bits per heavy atom. The number of aromatic nitrogens is 5. The maximum Gasteiger partial charge on any atom is 0.138 e. The van der Waals surface area contributed by atoms with Gasteiger partial charge >= 0.3 is 0 Å². The minimum absolute atomic E-state index is 0.150. The number of nitrogens with zero attached hydrogens (tertiary/aromatic N) is 4. The van der Waals surface area contributed by atoms with Crippen LogP contribution >= 0.6 is 0 Å². The third-order valence-corrected chi connectivity index (χ3v) is 3.01. The van der Waals surface area contributed by atoms with Crippen LogP contribution < -0.4 is 5.32 Å². The van der Waals surface area contributed by atoms with Crippen LogP contribution in [0.1, 0.15) is 50.9 Å². The van der Waals surface area contributed by atoms with Crippen LogP contribution in [0.25, 0.3) is 0 Å². The van der Waals surface area contributed by atoms with Crippen LogP contribution in [0.2, 0.25) is 0 Å². The van der Waals surface area contributed by atoms with Crippen LogP contribution in [0.5, 0.6) is 0 Å². The van der Waals surface area contributed by atoms with Crippen molar-refractivity contribution in [3.05, 3.63) is 30.4 Å². The van der Waals surface area contributed by atoms with Gasteiger partial charge in [-0.05, 0) is 26.8 Å². The van der Waals surface area contributed by atoms with Gasteiger partial charge in [-0.15, -0.1) is 0 Å². The lowest BCUT2D eigenvalue weighted by Crippen LogP contribution is -2.26. The minimum atomic E-state index is 0.150. The van der Waals surface area contributed by atoms with E-state index >= 15 is 0 Å². The molecule has 0 aliphatic carbocycles. The second-order valence-electron chi connectivity index (χ2n) is 4.90. The largest absolute Gasteiger partial charge is 0.347 e. The average molecular weight is 262 g/mol. The Hall–Kier alpha value is -1.69. The summed E-state index contributed by atoms with van der Waals surface area (Å²) < 4.78 is 1.96. The summed E-state index contributed by atoms with van der Waals surface area (Å²) in [4.78, 5) is 11.9. The van der Waals surface area contributed by atoms with Gasteiger partial charge in [0.1, 0.15) is 18.0 Å². The topological polar surface area (TPSA) is 71.4 Å². The molecule has 0 amide bonds. The van der Waals surface area contributed by atoms with E-state index in [9.17, 15) is 0 Å². The number of rotatable bonds is 7. The van der Waals surface area contributed by atoms with Gasteiger partial charge in [-0.1, -0.05) is 6.92 Å². The van der Waals surface area contributed by atoms with Crippen molar-refractivity contribution in [2.75, 3.05) is 6.54 Å². The van der Waals surface area contributed by atoms with Crippen molar-refractivity contribution < 1.29 is 0 Å². The molecule has 1 atom stereocenters. The lowest BCUT2D eigenvalue weighted by molar-refractivity contribution is 0.453. The highest BCUT2D eigenvalue weighted by molar-refractivity contribution is 5.01. The zero-order valence-electron chi connectivity index (χ0n) is 11.8. The van der Waals surface area contributed by atoms with Gasteiger partial charge in [0.25, 0.3) is 0 Å². The van der Waals surface area contributed by atoms with Crippen molar-refractivity contribution >= 4 is 0 Å². The molecule has 0 aromatic carbocycles. The first-order chi connectivity index (χ1) is 9.22. The van der Waals surface area contributed by atoms with Crippen molar-refractivity contribution in [1.29, 1.82) is 0 Å². The van der Waals surface area contributed by atoms with Gasteiger partial charge in [0.05, 0.1) is 6.04 Å². The summed E-state index contributed by atoms with van der Waals surface area (Å²) in [7, 11) is 0. The molecule has 19 heavy (non-hydrogen) atoms. The first-order valence-electron chi connectivity index (χ1n) is 6.83. The Kier molecular flexibility index (Phi) is 4.68. The molecule has 2 N–H and O–H groups in total. The number of H-pyrrole nitrogens is 1. The van der Waals surface area contributed by atoms with Gasteiger partial charge in [-0.2, -0.15) is 5.10 Å². The average Bonchev–Trinajstić information content (AvgIpc) is 3.04. The Bertz CT molecular complexity index is 473. The standard InChI is InChI=1S/C13H22N6/c1-4-5-14-11(13-15-6-7-16-13)8-12-17-9-18-19(12)10(2)3/h6-7,9-11,14H,4-5,8H2,1-3H3,(H,15,16). The molecule has 2 aromatic heterocycles. The monoisotopic (exact) mass is 262 g/mol. The van der Waals surface area contributed by atoms with Gasteiger partial charge < -0.3 is 10.3 Å². The maximum atomic E-state index is 4.37. The number of hydrogen-bond acceptors (Lipinski definition) is 4. The Morgan fingerprint density at radius 3 is 2.84 bits per heavy atom. The fourth-order valence-electron chi connectivity index (χ4n) is 2.09. The first-order valence-corrected chi connectivity index (χ1v) is 6.83. The molecule has 6 heteroatoms. The molecule has 0 aliphatic heterocycles. The SMILES string of the molecule is CCCNC(Cc1ncnn1C(C)C)c1ncc[nH]1. The van der Waals surface area contributed by atoms with Gasteiger partial charge in [0.2, 0.25) is 0 Å². The van der Waals surface area contributed by atoms with E-state index in [1.165, 1.54) is 0 Å². The summed E-state index contributed by atoms with van der Waals surface area (Å²) >= 11 is 0. The van der Waals surface area contributed by atoms with E-state index in [-0.39, 0.29) is 6.04 Å². The predicted molar refractivity (Wildman–Crippen MR) is 73.7 cm³/mol. The Labute approximate surface area is 113 Å². The van der Waals surface area contributed by atoms with Crippen LogP contribution in [0.4, 0.5) is 0 Å². The van der Waals surface area contributed by atoms with Crippen LogP contribution in [0.15, 0.2) is 18.7 Å². The molecular formula is C13H22N6. The van der Waals surface area contributed by atoms with E-state index in [0.29, 0.717) is 6.04 Å². The molecule has 6 nitrogen and oxygen atoms in total. The molecule has 0 saturated carbocycles. The van der Waals surface area contributed by atoms with Crippen molar-refractivity contribution in [3.63, 3.8) is 0 Å². The lowest BCUT2D eigenvalue weighted by atomic mass is 10.1. The molecule has 0 fully saturated rings. The van der Waals surface area contributed by atoms with Crippen LogP contribution in [-0.4, -0.2) is 31.3 Å². The number of hydrogen-bond donors (Lipinski definition) is 2. The highest BCUT2D eigenvalue weighted by Gasteiger charge is 2.18. The van der Waals surface area contributed by atoms with Gasteiger partial charge in [0, 0.05) is 24.9 Å². The van der Waals surface area contributed by atoms with E-state index in [4.69, 9.17) is 0 Å². The van der Waals surface area contributed by atoms with Crippen LogP contribution in [-0.2, 0) is 6.42 Å². The highest BCUT2D eigenvalue weighted by atomic mass is 15.3. The molecule has 0 radical (unpaired) electrons. The summed E-state index contributed by atoms with van der Waals surface area (Å²) in [6.07, 6.45) is 7.13. The minimum Gasteiger partial charge on any atom is -0.347 e. The van der Waals surface area contributed by atoms with Crippen LogP contribution in [0, 0.1) is 0 Å². The third-order valence-electron chi connectivity index (χ3n) is 3.01. The van der Waals surface area contributed by atoms with E-state index < -0.39 is 0 Å². The molecule has 2 aromatic rings. The smallest absolute Gasteiger partial charge is 0.138 e. The van der Waals surface area contributed by atoms with E-state index in [1.54, 1.807) is 12.5 Å². The fourth-order valence-corrected chi connectivity index (χ4v) is 2.09. The number of aromatic amines is 1. The van der Waals surface area contributed by atoms with Gasteiger partial charge in [-0.25, -0.2) is 14.6 Å². The number of nitrogens with one attached hydrogen (secondary N) is 2. The van der Waals surface area contributed by atoms with Gasteiger partial charge in [0.15, 0.2) is 0 Å². The molecule has 2 heterocycles.